The predicted molar refractivity (Wildman–Crippen MR) is 71.3 cm³/mol. The van der Waals surface area contributed by atoms with Gasteiger partial charge in [-0.2, -0.15) is 0 Å². The van der Waals surface area contributed by atoms with Gasteiger partial charge in [-0.25, -0.2) is 14.6 Å². The number of carboxylic acid groups (broad SMARTS) is 1. The van der Waals surface area contributed by atoms with Crippen LogP contribution in [-0.4, -0.2) is 33.8 Å². The number of alkyl carbamates (subject to hydrolysis) is 1. The van der Waals surface area contributed by atoms with E-state index in [1.165, 1.54) is 11.3 Å². The van der Waals surface area contributed by atoms with Crippen molar-refractivity contribution in [1.82, 2.24) is 10.3 Å². The lowest BCUT2D eigenvalue weighted by Crippen LogP contribution is -2.44. The molecule has 1 heterocycles. The Morgan fingerprint density at radius 3 is 2.58 bits per heavy atom. The fourth-order valence-electron chi connectivity index (χ4n) is 1.32. The van der Waals surface area contributed by atoms with E-state index >= 15 is 0 Å². The molecule has 1 aromatic rings. The molecule has 1 aromatic heterocycles. The molecule has 1 atom stereocenters. The van der Waals surface area contributed by atoms with E-state index in [0.29, 0.717) is 5.01 Å². The second-order valence-corrected chi connectivity index (χ2v) is 6.07. The van der Waals surface area contributed by atoms with Crippen LogP contribution >= 0.6 is 11.3 Å². The molecule has 0 aromatic carbocycles. The van der Waals surface area contributed by atoms with Gasteiger partial charge in [0.1, 0.15) is 11.6 Å². The highest BCUT2D eigenvalue weighted by Crippen LogP contribution is 2.12. The predicted octanol–water partition coefficient (Wildman–Crippen LogP) is 1.97. The minimum Gasteiger partial charge on any atom is -0.480 e. The third-order valence-corrected chi connectivity index (χ3v) is 3.02. The quantitative estimate of drug-likeness (QED) is 0.883. The molecule has 106 valence electrons. The van der Waals surface area contributed by atoms with Gasteiger partial charge in [-0.05, 0) is 27.7 Å². The highest BCUT2D eigenvalue weighted by atomic mass is 32.1. The van der Waals surface area contributed by atoms with Gasteiger partial charge in [0.05, 0.1) is 5.01 Å². The highest BCUT2D eigenvalue weighted by Gasteiger charge is 2.25. The standard InChI is InChI=1S/C12H18N2O4S/c1-7-6-19-9(13-7)5-8(10(15)16)14-11(17)18-12(2,3)4/h6,8H,5H2,1-4H3,(H,14,17)(H,15,16). The van der Waals surface area contributed by atoms with Crippen molar-refractivity contribution in [3.05, 3.63) is 16.1 Å². The summed E-state index contributed by atoms with van der Waals surface area (Å²) in [4.78, 5) is 26.9. The van der Waals surface area contributed by atoms with Gasteiger partial charge < -0.3 is 15.2 Å². The number of nitrogens with zero attached hydrogens (tertiary/aromatic N) is 1. The topological polar surface area (TPSA) is 88.5 Å². The summed E-state index contributed by atoms with van der Waals surface area (Å²) in [5, 5.41) is 13.9. The van der Waals surface area contributed by atoms with Crippen molar-refractivity contribution in [1.29, 1.82) is 0 Å². The van der Waals surface area contributed by atoms with Crippen molar-refractivity contribution in [2.24, 2.45) is 0 Å². The second kappa shape index (κ2) is 6.01. The zero-order chi connectivity index (χ0) is 14.6. The van der Waals surface area contributed by atoms with Crippen LogP contribution in [0.4, 0.5) is 4.79 Å². The molecule has 19 heavy (non-hydrogen) atoms. The summed E-state index contributed by atoms with van der Waals surface area (Å²) in [5.41, 5.74) is 0.173. The maximum atomic E-state index is 11.6. The molecule has 0 fully saturated rings. The van der Waals surface area contributed by atoms with Gasteiger partial charge in [0.25, 0.3) is 0 Å². The number of aryl methyl sites for hydroxylation is 1. The van der Waals surface area contributed by atoms with E-state index in [4.69, 9.17) is 9.84 Å². The van der Waals surface area contributed by atoms with Crippen LogP contribution in [0.5, 0.6) is 0 Å². The number of rotatable bonds is 4. The summed E-state index contributed by atoms with van der Waals surface area (Å²) in [6, 6.07) is -1.04. The monoisotopic (exact) mass is 286 g/mol. The maximum Gasteiger partial charge on any atom is 0.408 e. The Hall–Kier alpha value is -1.63. The summed E-state index contributed by atoms with van der Waals surface area (Å²) >= 11 is 1.37. The zero-order valence-corrected chi connectivity index (χ0v) is 12.2. The first-order valence-electron chi connectivity index (χ1n) is 5.80. The van der Waals surface area contributed by atoms with Gasteiger partial charge in [0, 0.05) is 17.5 Å². The third-order valence-electron chi connectivity index (χ3n) is 2.03. The van der Waals surface area contributed by atoms with E-state index in [-0.39, 0.29) is 6.42 Å². The van der Waals surface area contributed by atoms with Crippen molar-refractivity contribution in [3.8, 4) is 0 Å². The summed E-state index contributed by atoms with van der Waals surface area (Å²) in [7, 11) is 0. The number of thiazole rings is 1. The van der Waals surface area contributed by atoms with Crippen LogP contribution in [0.3, 0.4) is 0 Å². The number of carboxylic acids is 1. The molecule has 6 nitrogen and oxygen atoms in total. The van der Waals surface area contributed by atoms with Crippen LogP contribution in [0.25, 0.3) is 0 Å². The van der Waals surface area contributed by atoms with Crippen LogP contribution in [0.1, 0.15) is 31.5 Å². The van der Waals surface area contributed by atoms with Crippen molar-refractivity contribution in [2.75, 3.05) is 0 Å². The first kappa shape index (κ1) is 15.4. The van der Waals surface area contributed by atoms with Crippen molar-refractivity contribution in [3.63, 3.8) is 0 Å². The Morgan fingerprint density at radius 2 is 2.16 bits per heavy atom. The van der Waals surface area contributed by atoms with Gasteiger partial charge in [0.2, 0.25) is 0 Å². The molecule has 0 bridgehead atoms. The Labute approximate surface area is 115 Å². The molecule has 0 aliphatic rings. The summed E-state index contributed by atoms with van der Waals surface area (Å²) in [5.74, 6) is -1.11. The molecule has 1 rings (SSSR count). The lowest BCUT2D eigenvalue weighted by molar-refractivity contribution is -0.139. The minimum absolute atomic E-state index is 0.146. The Kier molecular flexibility index (Phi) is 4.88. The number of carbonyl (C=O) groups excluding carboxylic acids is 1. The van der Waals surface area contributed by atoms with Crippen LogP contribution in [-0.2, 0) is 16.0 Å². The van der Waals surface area contributed by atoms with Crippen LogP contribution < -0.4 is 5.32 Å². The molecule has 1 unspecified atom stereocenters. The van der Waals surface area contributed by atoms with E-state index in [2.05, 4.69) is 10.3 Å². The molecule has 0 spiro atoms. The van der Waals surface area contributed by atoms with E-state index in [1.54, 1.807) is 20.8 Å². The molecule has 0 saturated heterocycles. The van der Waals surface area contributed by atoms with E-state index < -0.39 is 23.7 Å². The first-order chi connectivity index (χ1) is 8.67. The van der Waals surface area contributed by atoms with Gasteiger partial charge in [-0.15, -0.1) is 11.3 Å². The number of carbonyl (C=O) groups is 2. The first-order valence-corrected chi connectivity index (χ1v) is 6.68. The van der Waals surface area contributed by atoms with Crippen molar-refractivity contribution >= 4 is 23.4 Å². The molecule has 2 N–H and O–H groups in total. The Balaban J connectivity index is 2.63. The Bertz CT molecular complexity index is 465. The number of hydrogen-bond donors (Lipinski definition) is 2. The molecular weight excluding hydrogens is 268 g/mol. The van der Waals surface area contributed by atoms with E-state index in [1.807, 2.05) is 12.3 Å². The fourth-order valence-corrected chi connectivity index (χ4v) is 2.14. The van der Waals surface area contributed by atoms with Gasteiger partial charge in [-0.3, -0.25) is 0 Å². The SMILES string of the molecule is Cc1csc(CC(NC(=O)OC(C)(C)C)C(=O)O)n1. The summed E-state index contributed by atoms with van der Waals surface area (Å²) < 4.78 is 5.03. The average Bonchev–Trinajstić information content (AvgIpc) is 2.60. The normalized spacial score (nSPS) is 12.8. The zero-order valence-electron chi connectivity index (χ0n) is 11.4. The number of aliphatic carboxylic acids is 1. The number of amides is 1. The largest absolute Gasteiger partial charge is 0.480 e. The maximum absolute atomic E-state index is 11.6. The van der Waals surface area contributed by atoms with Gasteiger partial charge >= 0.3 is 12.1 Å². The number of ether oxygens (including phenoxy) is 1. The van der Waals surface area contributed by atoms with Crippen LogP contribution in [0, 0.1) is 6.92 Å². The molecule has 7 heteroatoms. The van der Waals surface area contributed by atoms with Crippen LogP contribution in [0.15, 0.2) is 5.38 Å². The van der Waals surface area contributed by atoms with Crippen LogP contribution in [0.2, 0.25) is 0 Å². The summed E-state index contributed by atoms with van der Waals surface area (Å²) in [6.45, 7) is 6.97. The number of hydrogen-bond acceptors (Lipinski definition) is 5. The summed E-state index contributed by atoms with van der Waals surface area (Å²) in [6.07, 6.45) is -0.597. The molecule has 0 saturated carbocycles. The van der Waals surface area contributed by atoms with Crippen molar-refractivity contribution < 1.29 is 19.4 Å². The fraction of sp³-hybridized carbons (Fsp3) is 0.583. The molecule has 0 aliphatic heterocycles. The molecule has 1 amide bonds. The lowest BCUT2D eigenvalue weighted by Gasteiger charge is -2.21. The van der Waals surface area contributed by atoms with E-state index in [0.717, 1.165) is 5.69 Å². The van der Waals surface area contributed by atoms with Gasteiger partial charge in [0.15, 0.2) is 0 Å². The average molecular weight is 286 g/mol. The molecular formula is C12H18N2O4S. The Morgan fingerprint density at radius 1 is 1.53 bits per heavy atom. The van der Waals surface area contributed by atoms with Crippen molar-refractivity contribution in [2.45, 2.75) is 45.8 Å². The smallest absolute Gasteiger partial charge is 0.408 e. The highest BCUT2D eigenvalue weighted by molar-refractivity contribution is 7.09. The number of nitrogens with one attached hydrogen (secondary N) is 1. The molecule has 0 aliphatic carbocycles. The lowest BCUT2D eigenvalue weighted by atomic mass is 10.2. The third kappa shape index (κ3) is 5.69. The van der Waals surface area contributed by atoms with E-state index in [9.17, 15) is 9.59 Å². The second-order valence-electron chi connectivity index (χ2n) is 5.12. The minimum atomic E-state index is -1.11. The molecule has 0 radical (unpaired) electrons. The van der Waals surface area contributed by atoms with Gasteiger partial charge in [-0.1, -0.05) is 0 Å². The number of aromatic nitrogens is 1.